The van der Waals surface area contributed by atoms with Gasteiger partial charge in [-0.2, -0.15) is 0 Å². The van der Waals surface area contributed by atoms with E-state index in [1.54, 1.807) is 29.5 Å². The van der Waals surface area contributed by atoms with Crippen LogP contribution in [0.4, 0.5) is 9.59 Å². The molecule has 14 heteroatoms. The molecule has 0 saturated heterocycles. The number of ether oxygens (including phenoxy) is 1. The maximum absolute atomic E-state index is 12.2. The Morgan fingerprint density at radius 1 is 1.13 bits per heavy atom. The van der Waals surface area contributed by atoms with Crippen molar-refractivity contribution in [2.75, 3.05) is 6.61 Å². The Hall–Kier alpha value is -2.52. The summed E-state index contributed by atoms with van der Waals surface area (Å²) < 4.78 is 29.9. The van der Waals surface area contributed by atoms with Crippen LogP contribution in [0, 0.1) is 0 Å². The van der Waals surface area contributed by atoms with Crippen LogP contribution in [0.3, 0.4) is 0 Å². The standard InChI is InChI=1S/C22H22ClNO3S2.2CH3NOS.CH4.H2O/c1-4-14(3)22-21(15-10-11-19(27-5-2)18(23)12-15)17(13-28-22)16-8-6-7-9-20(16)29(24,25)26;2*2-1(3)4;;/h4,6-14H,1,5H2,2-3H3,(H2,24,25,26);2*(H3,2,3,4);1H4;1H2. The van der Waals surface area contributed by atoms with Gasteiger partial charge >= 0.3 is 0 Å². The van der Waals surface area contributed by atoms with Crippen LogP contribution in [0.5, 0.6) is 5.75 Å². The van der Waals surface area contributed by atoms with Crippen LogP contribution in [0.15, 0.2) is 65.4 Å². The molecule has 1 unspecified atom stereocenters. The molecule has 0 fully saturated rings. The van der Waals surface area contributed by atoms with Gasteiger partial charge in [0.05, 0.1) is 16.5 Å². The molecule has 1 atom stereocenters. The van der Waals surface area contributed by atoms with Gasteiger partial charge in [-0.1, -0.05) is 81.6 Å². The Kier molecular flexibility index (Phi) is 17.8. The number of nitrogens with two attached hydrogens (primary N) is 3. The third-order valence-electron chi connectivity index (χ3n) is 4.59. The molecule has 3 aromatic rings. The lowest BCUT2D eigenvalue weighted by Crippen LogP contribution is -2.13. The van der Waals surface area contributed by atoms with Gasteiger partial charge in [-0.3, -0.25) is 9.59 Å². The number of rotatable bonds is 7. The molecule has 9 nitrogen and oxygen atoms in total. The number of allylic oxidation sites excluding steroid dienone is 1. The number of amides is 2. The lowest BCUT2D eigenvalue weighted by atomic mass is 9.93. The molecule has 2 aromatic carbocycles. The first-order chi connectivity index (χ1) is 17.2. The molecule has 1 aromatic heterocycles. The van der Waals surface area contributed by atoms with Crippen LogP contribution in [0.1, 0.15) is 32.1 Å². The molecule has 0 saturated carbocycles. The van der Waals surface area contributed by atoms with Crippen molar-refractivity contribution in [3.8, 4) is 28.0 Å². The molecule has 216 valence electrons. The predicted molar refractivity (Wildman–Crippen MR) is 169 cm³/mol. The molecule has 1 heterocycles. The van der Waals surface area contributed by atoms with E-state index in [1.165, 1.54) is 6.07 Å². The fraction of sp³-hybridized carbons (Fsp3) is 0.200. The maximum Gasteiger partial charge on any atom is 0.273 e. The molecular formula is C25H34ClN3O6S4. The number of hydrogen-bond acceptors (Lipinski definition) is 6. The summed E-state index contributed by atoms with van der Waals surface area (Å²) in [5, 5.41) is 6.65. The number of hydrogen-bond donors (Lipinski definition) is 5. The van der Waals surface area contributed by atoms with Gasteiger partial charge in [0, 0.05) is 27.5 Å². The average Bonchev–Trinajstić information content (AvgIpc) is 3.24. The Balaban J connectivity index is 0. The molecule has 0 spiro atoms. The van der Waals surface area contributed by atoms with Crippen LogP contribution >= 0.6 is 48.2 Å². The second kappa shape index (κ2) is 17.9. The minimum absolute atomic E-state index is 0. The highest BCUT2D eigenvalue weighted by molar-refractivity contribution is 7.96. The monoisotopic (exact) mass is 635 g/mol. The summed E-state index contributed by atoms with van der Waals surface area (Å²) in [6.45, 7) is 8.38. The van der Waals surface area contributed by atoms with Gasteiger partial charge in [0.1, 0.15) is 5.75 Å². The first-order valence-corrected chi connectivity index (χ1v) is 14.2. The Morgan fingerprint density at radius 3 is 2.13 bits per heavy atom. The number of thiol groups is 2. The van der Waals surface area contributed by atoms with Gasteiger partial charge in [-0.05, 0) is 36.1 Å². The minimum Gasteiger partial charge on any atom is -0.492 e. The second-order valence-electron chi connectivity index (χ2n) is 7.21. The number of carbonyl (C=O) groups is 2. The number of primary sulfonamides is 1. The summed E-state index contributed by atoms with van der Waals surface area (Å²) in [7, 11) is -3.88. The third-order valence-corrected chi connectivity index (χ3v) is 7.04. The first-order valence-electron chi connectivity index (χ1n) is 10.5. The van der Waals surface area contributed by atoms with E-state index >= 15 is 0 Å². The number of benzene rings is 2. The van der Waals surface area contributed by atoms with Gasteiger partial charge in [0.25, 0.3) is 10.5 Å². The summed E-state index contributed by atoms with van der Waals surface area (Å²) in [5.74, 6) is 0.689. The Labute approximate surface area is 249 Å². The topological polar surface area (TPSA) is 187 Å². The summed E-state index contributed by atoms with van der Waals surface area (Å²) in [6.07, 6.45) is 1.86. The van der Waals surface area contributed by atoms with Crippen LogP contribution in [-0.4, -0.2) is 31.0 Å². The van der Waals surface area contributed by atoms with E-state index in [1.807, 2.05) is 43.5 Å². The SMILES string of the molecule is C.C=CC(C)c1scc(-c2ccccc2S(N)(=O)=O)c1-c1ccc(OCC)c(Cl)c1.NC(=O)S.NC(=O)S.O. The number of primary amides is 2. The van der Waals surface area contributed by atoms with Crippen LogP contribution in [0.25, 0.3) is 22.3 Å². The van der Waals surface area contributed by atoms with Crippen molar-refractivity contribution in [1.82, 2.24) is 0 Å². The zero-order chi connectivity index (χ0) is 28.3. The normalized spacial score (nSPS) is 10.6. The summed E-state index contributed by atoms with van der Waals surface area (Å²) in [4.78, 5) is 19.3. The lowest BCUT2D eigenvalue weighted by molar-refractivity contribution is 0.266. The van der Waals surface area contributed by atoms with Crippen molar-refractivity contribution in [3.63, 3.8) is 0 Å². The third kappa shape index (κ3) is 12.0. The van der Waals surface area contributed by atoms with E-state index in [0.29, 0.717) is 22.9 Å². The smallest absolute Gasteiger partial charge is 0.273 e. The van der Waals surface area contributed by atoms with Crippen molar-refractivity contribution in [2.24, 2.45) is 16.6 Å². The molecule has 0 radical (unpaired) electrons. The molecule has 0 aliphatic carbocycles. The predicted octanol–water partition coefficient (Wildman–Crippen LogP) is 5.87. The van der Waals surface area contributed by atoms with Gasteiger partial charge in [-0.25, -0.2) is 13.6 Å². The number of sulfonamides is 1. The van der Waals surface area contributed by atoms with E-state index in [4.69, 9.17) is 31.1 Å². The van der Waals surface area contributed by atoms with Crippen LogP contribution in [0.2, 0.25) is 5.02 Å². The number of halogens is 1. The van der Waals surface area contributed by atoms with Gasteiger partial charge in [-0.15, -0.1) is 17.9 Å². The van der Waals surface area contributed by atoms with Gasteiger partial charge in [0.15, 0.2) is 0 Å². The van der Waals surface area contributed by atoms with Crippen molar-refractivity contribution in [2.45, 2.75) is 32.1 Å². The van der Waals surface area contributed by atoms with Crippen LogP contribution in [-0.2, 0) is 10.0 Å². The fourth-order valence-corrected chi connectivity index (χ4v) is 5.31. The highest BCUT2D eigenvalue weighted by Crippen LogP contribution is 2.45. The van der Waals surface area contributed by atoms with Crippen molar-refractivity contribution < 1.29 is 28.2 Å². The van der Waals surface area contributed by atoms with Gasteiger partial charge < -0.3 is 21.7 Å². The average molecular weight is 636 g/mol. The number of carbonyl (C=O) groups excluding carboxylic acids is 2. The van der Waals surface area contributed by atoms with E-state index in [2.05, 4.69) is 43.3 Å². The quantitative estimate of drug-likeness (QED) is 0.160. The zero-order valence-electron chi connectivity index (χ0n) is 20.5. The minimum atomic E-state index is -3.88. The summed E-state index contributed by atoms with van der Waals surface area (Å²) >= 11 is 14.2. The number of thiophene rings is 1. The van der Waals surface area contributed by atoms with Crippen LogP contribution < -0.4 is 21.3 Å². The van der Waals surface area contributed by atoms with Crippen molar-refractivity contribution in [3.05, 3.63) is 70.4 Å². The highest BCUT2D eigenvalue weighted by Gasteiger charge is 2.23. The molecular weight excluding hydrogens is 602 g/mol. The largest absolute Gasteiger partial charge is 0.492 e. The molecule has 0 aliphatic heterocycles. The molecule has 0 aliphatic rings. The Bertz CT molecular complexity index is 1340. The fourth-order valence-electron chi connectivity index (χ4n) is 3.18. The molecule has 3 rings (SSSR count). The second-order valence-corrected chi connectivity index (χ2v) is 10.9. The maximum atomic E-state index is 12.2. The molecule has 8 N–H and O–H groups in total. The first kappa shape index (κ1) is 38.6. The van der Waals surface area contributed by atoms with Gasteiger partial charge in [0.2, 0.25) is 10.0 Å². The highest BCUT2D eigenvalue weighted by atomic mass is 35.5. The van der Waals surface area contributed by atoms with E-state index < -0.39 is 20.5 Å². The van der Waals surface area contributed by atoms with E-state index in [-0.39, 0.29) is 23.7 Å². The summed E-state index contributed by atoms with van der Waals surface area (Å²) in [5.41, 5.74) is 11.8. The van der Waals surface area contributed by atoms with Crippen molar-refractivity contribution >= 4 is 68.7 Å². The van der Waals surface area contributed by atoms with E-state index in [0.717, 1.165) is 21.6 Å². The lowest BCUT2D eigenvalue weighted by Gasteiger charge is -2.14. The zero-order valence-corrected chi connectivity index (χ0v) is 24.7. The molecule has 2 amide bonds. The Morgan fingerprint density at radius 2 is 1.67 bits per heavy atom. The summed E-state index contributed by atoms with van der Waals surface area (Å²) in [6, 6.07) is 12.4. The molecule has 39 heavy (non-hydrogen) atoms. The molecule has 0 bridgehead atoms. The van der Waals surface area contributed by atoms with E-state index in [9.17, 15) is 8.42 Å². The van der Waals surface area contributed by atoms with Crippen molar-refractivity contribution in [1.29, 1.82) is 0 Å².